The van der Waals surface area contributed by atoms with E-state index in [9.17, 15) is 5.11 Å². The summed E-state index contributed by atoms with van der Waals surface area (Å²) in [6, 6.07) is 0.691. The highest BCUT2D eigenvalue weighted by atomic mass is 32.2. The molecule has 2 N–H and O–H groups in total. The zero-order valence-electron chi connectivity index (χ0n) is 10.3. The van der Waals surface area contributed by atoms with Gasteiger partial charge in [0.1, 0.15) is 0 Å². The van der Waals surface area contributed by atoms with Crippen molar-refractivity contribution in [2.45, 2.75) is 62.8 Å². The predicted octanol–water partition coefficient (Wildman–Crippen LogP) is 2.41. The molecule has 1 aliphatic carbocycles. The van der Waals surface area contributed by atoms with Crippen LogP contribution in [-0.2, 0) is 0 Å². The van der Waals surface area contributed by atoms with Gasteiger partial charge in [-0.15, -0.1) is 0 Å². The SMILES string of the molecule is CSC1CCC(NCCC(C)(C)O)CC1. The Kier molecular flexibility index (Phi) is 5.44. The van der Waals surface area contributed by atoms with Crippen LogP contribution in [0.25, 0.3) is 0 Å². The Morgan fingerprint density at radius 3 is 2.33 bits per heavy atom. The summed E-state index contributed by atoms with van der Waals surface area (Å²) in [5, 5.41) is 14.0. The molecule has 0 aliphatic heterocycles. The summed E-state index contributed by atoms with van der Waals surface area (Å²) in [7, 11) is 0. The second-order valence-corrected chi connectivity index (χ2v) is 6.36. The third-order valence-electron chi connectivity index (χ3n) is 3.18. The fourth-order valence-corrected chi connectivity index (χ4v) is 2.83. The molecular weight excluding hydrogens is 206 g/mol. The van der Waals surface area contributed by atoms with Gasteiger partial charge < -0.3 is 10.4 Å². The Morgan fingerprint density at radius 2 is 1.87 bits per heavy atom. The summed E-state index contributed by atoms with van der Waals surface area (Å²) in [4.78, 5) is 0. The maximum absolute atomic E-state index is 9.58. The van der Waals surface area contributed by atoms with Crippen LogP contribution in [-0.4, -0.2) is 34.8 Å². The van der Waals surface area contributed by atoms with Crippen molar-refractivity contribution in [3.05, 3.63) is 0 Å². The molecule has 0 aromatic rings. The summed E-state index contributed by atoms with van der Waals surface area (Å²) >= 11 is 2.01. The van der Waals surface area contributed by atoms with Gasteiger partial charge in [0.2, 0.25) is 0 Å². The van der Waals surface area contributed by atoms with Crippen LogP contribution in [0.15, 0.2) is 0 Å². The first kappa shape index (κ1) is 13.3. The molecule has 0 aromatic carbocycles. The number of hydrogen-bond donors (Lipinski definition) is 2. The molecule has 0 unspecified atom stereocenters. The lowest BCUT2D eigenvalue weighted by Crippen LogP contribution is -2.36. The second-order valence-electron chi connectivity index (χ2n) is 5.23. The number of hydrogen-bond acceptors (Lipinski definition) is 3. The Hall–Kier alpha value is 0.270. The van der Waals surface area contributed by atoms with Crippen molar-refractivity contribution in [3.8, 4) is 0 Å². The van der Waals surface area contributed by atoms with Crippen LogP contribution in [0.5, 0.6) is 0 Å². The zero-order chi connectivity index (χ0) is 11.3. The highest BCUT2D eigenvalue weighted by molar-refractivity contribution is 7.99. The smallest absolute Gasteiger partial charge is 0.0603 e. The molecule has 0 aromatic heterocycles. The van der Waals surface area contributed by atoms with E-state index in [1.807, 2.05) is 25.6 Å². The molecule has 0 bridgehead atoms. The molecule has 0 spiro atoms. The van der Waals surface area contributed by atoms with Gasteiger partial charge in [0.05, 0.1) is 5.60 Å². The maximum atomic E-state index is 9.58. The Labute approximate surface area is 98.2 Å². The minimum absolute atomic E-state index is 0.524. The van der Waals surface area contributed by atoms with E-state index in [1.54, 1.807) is 0 Å². The number of aliphatic hydroxyl groups is 1. The molecule has 90 valence electrons. The van der Waals surface area contributed by atoms with Crippen LogP contribution < -0.4 is 5.32 Å². The normalized spacial score (nSPS) is 28.0. The van der Waals surface area contributed by atoms with Crippen LogP contribution in [0, 0.1) is 0 Å². The van der Waals surface area contributed by atoms with Gasteiger partial charge in [0.15, 0.2) is 0 Å². The van der Waals surface area contributed by atoms with Crippen molar-refractivity contribution in [1.82, 2.24) is 5.32 Å². The largest absolute Gasteiger partial charge is 0.390 e. The van der Waals surface area contributed by atoms with Crippen molar-refractivity contribution < 1.29 is 5.11 Å². The first-order valence-electron chi connectivity index (χ1n) is 6.00. The summed E-state index contributed by atoms with van der Waals surface area (Å²) in [6.45, 7) is 4.69. The molecule has 0 heterocycles. The molecule has 1 rings (SSSR count). The minimum Gasteiger partial charge on any atom is -0.390 e. The summed E-state index contributed by atoms with van der Waals surface area (Å²) < 4.78 is 0. The number of nitrogens with one attached hydrogen (secondary N) is 1. The molecule has 3 heteroatoms. The van der Waals surface area contributed by atoms with Gasteiger partial charge in [0.25, 0.3) is 0 Å². The van der Waals surface area contributed by atoms with E-state index < -0.39 is 5.60 Å². The van der Waals surface area contributed by atoms with E-state index >= 15 is 0 Å². The lowest BCUT2D eigenvalue weighted by Gasteiger charge is -2.29. The topological polar surface area (TPSA) is 32.3 Å². The Balaban J connectivity index is 2.09. The molecule has 0 radical (unpaired) electrons. The summed E-state index contributed by atoms with van der Waals surface area (Å²) in [5.74, 6) is 0. The van der Waals surface area contributed by atoms with Crippen molar-refractivity contribution in [3.63, 3.8) is 0 Å². The van der Waals surface area contributed by atoms with Crippen molar-refractivity contribution in [2.75, 3.05) is 12.8 Å². The third kappa shape index (κ3) is 5.79. The molecule has 15 heavy (non-hydrogen) atoms. The van der Waals surface area contributed by atoms with Crippen LogP contribution >= 0.6 is 11.8 Å². The third-order valence-corrected chi connectivity index (χ3v) is 4.32. The Bertz CT molecular complexity index is 171. The van der Waals surface area contributed by atoms with Crippen molar-refractivity contribution in [2.24, 2.45) is 0 Å². The van der Waals surface area contributed by atoms with Crippen LogP contribution in [0.4, 0.5) is 0 Å². The minimum atomic E-state index is -0.524. The lowest BCUT2D eigenvalue weighted by atomic mass is 9.94. The van der Waals surface area contributed by atoms with Crippen molar-refractivity contribution >= 4 is 11.8 Å². The number of rotatable bonds is 5. The molecule has 2 nitrogen and oxygen atoms in total. The van der Waals surface area contributed by atoms with E-state index in [0.29, 0.717) is 6.04 Å². The second kappa shape index (κ2) is 6.12. The number of thioether (sulfide) groups is 1. The summed E-state index contributed by atoms with van der Waals surface area (Å²) in [6.07, 6.45) is 8.36. The first-order chi connectivity index (χ1) is 7.01. The van der Waals surface area contributed by atoms with E-state index in [1.165, 1.54) is 25.7 Å². The van der Waals surface area contributed by atoms with Gasteiger partial charge >= 0.3 is 0 Å². The first-order valence-corrected chi connectivity index (χ1v) is 7.28. The monoisotopic (exact) mass is 231 g/mol. The van der Waals surface area contributed by atoms with Crippen molar-refractivity contribution in [1.29, 1.82) is 0 Å². The van der Waals surface area contributed by atoms with Crippen LogP contribution in [0.1, 0.15) is 46.0 Å². The highest BCUT2D eigenvalue weighted by Gasteiger charge is 2.20. The molecular formula is C12H25NOS. The van der Waals surface area contributed by atoms with Gasteiger partial charge in [-0.3, -0.25) is 0 Å². The molecule has 0 saturated heterocycles. The predicted molar refractivity (Wildman–Crippen MR) is 68.5 cm³/mol. The van der Waals surface area contributed by atoms with Gasteiger partial charge in [0, 0.05) is 11.3 Å². The molecule has 1 aliphatic rings. The van der Waals surface area contributed by atoms with Gasteiger partial charge in [-0.1, -0.05) is 0 Å². The van der Waals surface area contributed by atoms with Crippen LogP contribution in [0.2, 0.25) is 0 Å². The summed E-state index contributed by atoms with van der Waals surface area (Å²) in [5.41, 5.74) is -0.524. The van der Waals surface area contributed by atoms with Crippen LogP contribution in [0.3, 0.4) is 0 Å². The quantitative estimate of drug-likeness (QED) is 0.762. The average Bonchev–Trinajstić information content (AvgIpc) is 2.17. The van der Waals surface area contributed by atoms with E-state index in [-0.39, 0.29) is 0 Å². The Morgan fingerprint density at radius 1 is 1.27 bits per heavy atom. The fourth-order valence-electron chi connectivity index (χ4n) is 2.08. The average molecular weight is 231 g/mol. The van der Waals surface area contributed by atoms with E-state index in [0.717, 1.165) is 18.2 Å². The molecule has 0 amide bonds. The van der Waals surface area contributed by atoms with E-state index in [2.05, 4.69) is 11.6 Å². The van der Waals surface area contributed by atoms with Gasteiger partial charge in [-0.05, 0) is 58.8 Å². The van der Waals surface area contributed by atoms with Gasteiger partial charge in [-0.25, -0.2) is 0 Å². The van der Waals surface area contributed by atoms with Gasteiger partial charge in [-0.2, -0.15) is 11.8 Å². The lowest BCUT2D eigenvalue weighted by molar-refractivity contribution is 0.0699. The highest BCUT2D eigenvalue weighted by Crippen LogP contribution is 2.26. The fraction of sp³-hybridized carbons (Fsp3) is 1.00. The van der Waals surface area contributed by atoms with E-state index in [4.69, 9.17) is 0 Å². The maximum Gasteiger partial charge on any atom is 0.0603 e. The molecule has 0 atom stereocenters. The molecule has 1 saturated carbocycles. The standard InChI is InChI=1S/C12H25NOS/c1-12(2,14)8-9-13-10-4-6-11(15-3)7-5-10/h10-11,13-14H,4-9H2,1-3H3. The molecule has 1 fully saturated rings. The zero-order valence-corrected chi connectivity index (χ0v) is 11.1.